The molecule has 0 fully saturated rings. The number of hydrogen-bond acceptors (Lipinski definition) is 9. The third-order valence-corrected chi connectivity index (χ3v) is 5.69. The average Bonchev–Trinajstić information content (AvgIpc) is 3.19. The zero-order valence-electron chi connectivity index (χ0n) is 18.0. The van der Waals surface area contributed by atoms with E-state index < -0.39 is 29.7 Å². The third kappa shape index (κ3) is 8.00. The minimum absolute atomic E-state index is 0.0313. The first-order valence-electron chi connectivity index (χ1n) is 10.1. The summed E-state index contributed by atoms with van der Waals surface area (Å²) in [6.07, 6.45) is 1.01. The van der Waals surface area contributed by atoms with Gasteiger partial charge in [0, 0.05) is 30.5 Å². The standard InChI is InChI=1S/C20H29N3O7S/c1-12(2)17(23-20(27)30-7-6-29-5-4-28-3)15(24)9-13-8-14-10-21-16(31-14)11-22-19(26)18(13)25/h10,12-13,17H,4-9,11H2,1-3H3,(H,22,26)(H,23,27). The Kier molecular flexibility index (Phi) is 10.0. The predicted octanol–water partition coefficient (Wildman–Crippen LogP) is 0.874. The Hall–Kier alpha value is -2.37. The van der Waals surface area contributed by atoms with E-state index >= 15 is 0 Å². The lowest BCUT2D eigenvalue weighted by atomic mass is 9.88. The van der Waals surface area contributed by atoms with Crippen LogP contribution in [0.3, 0.4) is 0 Å². The van der Waals surface area contributed by atoms with Gasteiger partial charge < -0.3 is 24.8 Å². The summed E-state index contributed by atoms with van der Waals surface area (Å²) >= 11 is 1.40. The second-order valence-electron chi connectivity index (χ2n) is 7.45. The van der Waals surface area contributed by atoms with Gasteiger partial charge >= 0.3 is 6.09 Å². The number of rotatable bonds is 11. The number of amides is 2. The number of hydrogen-bond donors (Lipinski definition) is 2. The molecule has 1 aliphatic rings. The van der Waals surface area contributed by atoms with Crippen molar-refractivity contribution in [1.29, 1.82) is 0 Å². The Labute approximate surface area is 185 Å². The van der Waals surface area contributed by atoms with E-state index in [0.717, 1.165) is 4.88 Å². The summed E-state index contributed by atoms with van der Waals surface area (Å²) in [5.74, 6) is -2.74. The summed E-state index contributed by atoms with van der Waals surface area (Å²) < 4.78 is 15.1. The van der Waals surface area contributed by atoms with E-state index in [1.165, 1.54) is 11.3 Å². The quantitative estimate of drug-likeness (QED) is 0.371. The molecule has 1 aromatic rings. The molecule has 31 heavy (non-hydrogen) atoms. The summed E-state index contributed by atoms with van der Waals surface area (Å²) in [6.45, 7) is 4.82. The van der Waals surface area contributed by atoms with Crippen molar-refractivity contribution in [2.45, 2.75) is 39.3 Å². The van der Waals surface area contributed by atoms with E-state index in [0.29, 0.717) is 18.2 Å². The van der Waals surface area contributed by atoms with Gasteiger partial charge in [-0.05, 0) is 12.3 Å². The van der Waals surface area contributed by atoms with Crippen LogP contribution in [-0.2, 0) is 41.6 Å². The van der Waals surface area contributed by atoms with Crippen molar-refractivity contribution in [1.82, 2.24) is 15.6 Å². The van der Waals surface area contributed by atoms with E-state index in [2.05, 4.69) is 15.6 Å². The summed E-state index contributed by atoms with van der Waals surface area (Å²) in [5.41, 5.74) is 0. The molecule has 2 rings (SSSR count). The number of methoxy groups -OCH3 is 1. The largest absolute Gasteiger partial charge is 0.447 e. The Morgan fingerprint density at radius 1 is 1.26 bits per heavy atom. The van der Waals surface area contributed by atoms with Crippen molar-refractivity contribution in [2.24, 2.45) is 11.8 Å². The monoisotopic (exact) mass is 455 g/mol. The summed E-state index contributed by atoms with van der Waals surface area (Å²) in [7, 11) is 1.56. The van der Waals surface area contributed by atoms with Gasteiger partial charge in [-0.1, -0.05) is 13.8 Å². The van der Waals surface area contributed by atoms with Crippen molar-refractivity contribution in [3.63, 3.8) is 0 Å². The number of Topliss-reactive ketones (excluding diaryl/α,β-unsaturated/α-hetero) is 2. The van der Waals surface area contributed by atoms with Crippen molar-refractivity contribution < 1.29 is 33.4 Å². The molecule has 2 bridgehead atoms. The number of alkyl carbamates (subject to hydrolysis) is 1. The van der Waals surface area contributed by atoms with Crippen molar-refractivity contribution in [3.05, 3.63) is 16.1 Å². The smallest absolute Gasteiger partial charge is 0.407 e. The highest BCUT2D eigenvalue weighted by molar-refractivity contribution is 7.11. The van der Waals surface area contributed by atoms with Gasteiger partial charge in [0.2, 0.25) is 5.78 Å². The number of carbonyl (C=O) groups excluding carboxylic acids is 4. The van der Waals surface area contributed by atoms with Crippen LogP contribution in [-0.4, -0.2) is 68.1 Å². The normalized spacial score (nSPS) is 17.4. The van der Waals surface area contributed by atoms with Crippen LogP contribution in [0.2, 0.25) is 0 Å². The molecule has 0 radical (unpaired) electrons. The summed E-state index contributed by atoms with van der Waals surface area (Å²) in [4.78, 5) is 54.7. The Morgan fingerprint density at radius 2 is 2.00 bits per heavy atom. The summed E-state index contributed by atoms with van der Waals surface area (Å²) in [6, 6.07) is -0.845. The fraction of sp³-hybridized carbons (Fsp3) is 0.650. The van der Waals surface area contributed by atoms with Gasteiger partial charge in [0.15, 0.2) is 5.78 Å². The van der Waals surface area contributed by atoms with Crippen LogP contribution in [0, 0.1) is 11.8 Å². The van der Waals surface area contributed by atoms with Crippen LogP contribution in [0.15, 0.2) is 6.20 Å². The molecular formula is C20H29N3O7S. The van der Waals surface area contributed by atoms with Crippen LogP contribution < -0.4 is 10.6 Å². The molecule has 2 amide bonds. The van der Waals surface area contributed by atoms with Crippen molar-refractivity contribution in [2.75, 3.05) is 33.5 Å². The number of fused-ring (bicyclic) bond motifs is 2. The van der Waals surface area contributed by atoms with Crippen LogP contribution in [0.5, 0.6) is 0 Å². The SMILES string of the molecule is COCCOCCOC(=O)NC(C(=O)CC1Cc2cnc(s2)CNC(=O)C1=O)C(C)C. The molecule has 2 unspecified atom stereocenters. The first-order valence-corrected chi connectivity index (χ1v) is 10.9. The van der Waals surface area contributed by atoms with Gasteiger partial charge in [0.1, 0.15) is 11.6 Å². The molecule has 2 N–H and O–H groups in total. The molecule has 11 heteroatoms. The maximum atomic E-state index is 12.9. The second kappa shape index (κ2) is 12.5. The van der Waals surface area contributed by atoms with Gasteiger partial charge in [0.05, 0.1) is 32.4 Å². The van der Waals surface area contributed by atoms with Crippen LogP contribution in [0.1, 0.15) is 30.2 Å². The zero-order chi connectivity index (χ0) is 22.8. The highest BCUT2D eigenvalue weighted by atomic mass is 32.1. The Balaban J connectivity index is 1.93. The first-order chi connectivity index (χ1) is 14.8. The van der Waals surface area contributed by atoms with Gasteiger partial charge in [-0.3, -0.25) is 14.4 Å². The molecular weight excluding hydrogens is 426 g/mol. The predicted molar refractivity (Wildman–Crippen MR) is 112 cm³/mol. The minimum Gasteiger partial charge on any atom is -0.447 e. The van der Waals surface area contributed by atoms with E-state index in [-0.39, 0.29) is 44.3 Å². The average molecular weight is 456 g/mol. The van der Waals surface area contributed by atoms with E-state index in [1.807, 2.05) is 0 Å². The molecule has 2 atom stereocenters. The number of nitrogens with one attached hydrogen (secondary N) is 2. The molecule has 0 saturated carbocycles. The lowest BCUT2D eigenvalue weighted by Crippen LogP contribution is -2.46. The highest BCUT2D eigenvalue weighted by Gasteiger charge is 2.33. The Bertz CT molecular complexity index is 781. The van der Waals surface area contributed by atoms with Gasteiger partial charge in [0.25, 0.3) is 5.91 Å². The van der Waals surface area contributed by atoms with Gasteiger partial charge in [-0.15, -0.1) is 11.3 Å². The molecule has 10 nitrogen and oxygen atoms in total. The fourth-order valence-corrected chi connectivity index (χ4v) is 3.99. The van der Waals surface area contributed by atoms with Gasteiger partial charge in [-0.2, -0.15) is 0 Å². The van der Waals surface area contributed by atoms with E-state index in [9.17, 15) is 19.2 Å². The number of aromatic nitrogens is 1. The van der Waals surface area contributed by atoms with E-state index in [4.69, 9.17) is 14.2 Å². The molecule has 172 valence electrons. The number of thiazole rings is 1. The summed E-state index contributed by atoms with van der Waals surface area (Å²) in [5, 5.41) is 5.81. The first kappa shape index (κ1) is 24.9. The fourth-order valence-electron chi connectivity index (χ4n) is 3.05. The number of carbonyl (C=O) groups is 4. The van der Waals surface area contributed by atoms with E-state index in [1.54, 1.807) is 27.2 Å². The van der Waals surface area contributed by atoms with Crippen LogP contribution >= 0.6 is 11.3 Å². The van der Waals surface area contributed by atoms with Crippen LogP contribution in [0.4, 0.5) is 4.79 Å². The lowest BCUT2D eigenvalue weighted by molar-refractivity contribution is -0.141. The minimum atomic E-state index is -0.845. The van der Waals surface area contributed by atoms with Crippen LogP contribution in [0.25, 0.3) is 0 Å². The molecule has 1 aliphatic heterocycles. The lowest BCUT2D eigenvalue weighted by Gasteiger charge is -2.23. The number of nitrogens with zero attached hydrogens (tertiary/aromatic N) is 1. The van der Waals surface area contributed by atoms with Crippen molar-refractivity contribution >= 4 is 34.9 Å². The number of ether oxygens (including phenoxy) is 3. The maximum Gasteiger partial charge on any atom is 0.407 e. The molecule has 2 heterocycles. The van der Waals surface area contributed by atoms with Gasteiger partial charge in [-0.25, -0.2) is 9.78 Å². The number of ketones is 2. The molecule has 0 spiro atoms. The Morgan fingerprint density at radius 3 is 2.71 bits per heavy atom. The molecule has 1 aromatic heterocycles. The molecule has 0 saturated heterocycles. The third-order valence-electron chi connectivity index (χ3n) is 4.67. The molecule has 0 aromatic carbocycles. The highest BCUT2D eigenvalue weighted by Crippen LogP contribution is 2.23. The second-order valence-corrected chi connectivity index (χ2v) is 8.65. The van der Waals surface area contributed by atoms with Crippen molar-refractivity contribution in [3.8, 4) is 0 Å². The topological polar surface area (TPSA) is 133 Å². The molecule has 0 aliphatic carbocycles. The maximum absolute atomic E-state index is 12.9. The zero-order valence-corrected chi connectivity index (χ0v) is 18.8.